The number of methoxy groups -OCH3 is 1. The van der Waals surface area contributed by atoms with Gasteiger partial charge in [0.2, 0.25) is 0 Å². The maximum absolute atomic E-state index is 5.38. The average Bonchev–Trinajstić information content (AvgIpc) is 2.44. The second-order valence-corrected chi connectivity index (χ2v) is 5.31. The molecule has 0 saturated carbocycles. The van der Waals surface area contributed by atoms with Crippen molar-refractivity contribution in [3.63, 3.8) is 0 Å². The van der Waals surface area contributed by atoms with Crippen molar-refractivity contribution < 1.29 is 9.47 Å². The fourth-order valence-corrected chi connectivity index (χ4v) is 2.35. The molecule has 0 bridgehead atoms. The van der Waals surface area contributed by atoms with Crippen molar-refractivity contribution >= 4 is 28.3 Å². The predicted molar refractivity (Wildman–Crippen MR) is 85.9 cm³/mol. The van der Waals surface area contributed by atoms with Gasteiger partial charge in [-0.1, -0.05) is 6.58 Å². The molecule has 1 heterocycles. The van der Waals surface area contributed by atoms with Gasteiger partial charge in [0.15, 0.2) is 6.79 Å². The Morgan fingerprint density at radius 2 is 1.89 bits per heavy atom. The van der Waals surface area contributed by atoms with E-state index >= 15 is 0 Å². The summed E-state index contributed by atoms with van der Waals surface area (Å²) in [6.07, 6.45) is 4.18. The first-order valence-corrected chi connectivity index (χ1v) is 6.94. The Morgan fingerprint density at radius 3 is 2.53 bits per heavy atom. The van der Waals surface area contributed by atoms with Crippen LogP contribution in [0.15, 0.2) is 52.3 Å². The molecule has 0 amide bonds. The molecule has 0 radical (unpaired) electrons. The second kappa shape index (κ2) is 6.25. The summed E-state index contributed by atoms with van der Waals surface area (Å²) in [4.78, 5) is 2.09. The van der Waals surface area contributed by atoms with Crippen molar-refractivity contribution in [2.45, 2.75) is 0 Å². The lowest BCUT2D eigenvalue weighted by Gasteiger charge is -2.27. The first kappa shape index (κ1) is 14.1. The molecular formula is C15H16INO2. The maximum atomic E-state index is 5.38. The number of rotatable bonds is 4. The smallest absolute Gasteiger partial charge is 0.188 e. The zero-order valence-electron chi connectivity index (χ0n) is 11.0. The highest BCUT2D eigenvalue weighted by molar-refractivity contribution is 14.1. The van der Waals surface area contributed by atoms with Crippen LogP contribution in [0.5, 0.6) is 5.75 Å². The van der Waals surface area contributed by atoms with Crippen LogP contribution in [0.1, 0.15) is 5.56 Å². The fourth-order valence-electron chi connectivity index (χ4n) is 1.80. The van der Waals surface area contributed by atoms with Crippen molar-refractivity contribution in [3.8, 4) is 5.75 Å². The van der Waals surface area contributed by atoms with Crippen LogP contribution in [0.3, 0.4) is 0 Å². The fraction of sp³-hybridized carbons (Fsp3) is 0.200. The molecule has 0 aliphatic carbocycles. The van der Waals surface area contributed by atoms with Gasteiger partial charge in [-0.05, 0) is 64.6 Å². The number of hydrogen-bond donors (Lipinski definition) is 0. The Balaban J connectivity index is 2.21. The number of nitrogens with zero attached hydrogens (tertiary/aromatic N) is 1. The highest BCUT2D eigenvalue weighted by Gasteiger charge is 2.15. The number of hydrogen-bond acceptors (Lipinski definition) is 3. The van der Waals surface area contributed by atoms with Gasteiger partial charge in [0, 0.05) is 29.1 Å². The van der Waals surface area contributed by atoms with Crippen LogP contribution in [0.25, 0.3) is 5.70 Å². The first-order chi connectivity index (χ1) is 9.13. The summed E-state index contributed by atoms with van der Waals surface area (Å²) in [5, 5.41) is 0. The van der Waals surface area contributed by atoms with Crippen molar-refractivity contribution in [2.24, 2.45) is 0 Å². The first-order valence-electron chi connectivity index (χ1n) is 5.86. The molecule has 0 aromatic heterocycles. The number of allylic oxidation sites excluding steroid dienone is 3. The number of benzene rings is 1. The lowest BCUT2D eigenvalue weighted by molar-refractivity contribution is 0.0511. The van der Waals surface area contributed by atoms with E-state index in [1.54, 1.807) is 7.11 Å². The van der Waals surface area contributed by atoms with Gasteiger partial charge in [0.25, 0.3) is 0 Å². The molecule has 1 aliphatic heterocycles. The Labute approximate surface area is 127 Å². The van der Waals surface area contributed by atoms with Gasteiger partial charge < -0.3 is 14.4 Å². The van der Waals surface area contributed by atoms with Crippen molar-refractivity contribution in [1.82, 2.24) is 4.90 Å². The van der Waals surface area contributed by atoms with Crippen LogP contribution in [0.2, 0.25) is 0 Å². The highest BCUT2D eigenvalue weighted by Crippen LogP contribution is 2.32. The molecule has 3 nitrogen and oxygen atoms in total. The SMILES string of the molecule is C=C1C(I)=CC=C(c2ccc(OCOC)cc2)N1C. The number of likely N-dealkylation sites (N-methyl/N-ethyl adjacent to an activating group) is 1. The van der Waals surface area contributed by atoms with E-state index in [2.05, 4.69) is 46.2 Å². The Morgan fingerprint density at radius 1 is 1.21 bits per heavy atom. The largest absolute Gasteiger partial charge is 0.468 e. The third-order valence-corrected chi connectivity index (χ3v) is 3.91. The lowest BCUT2D eigenvalue weighted by atomic mass is 10.1. The van der Waals surface area contributed by atoms with E-state index in [1.165, 1.54) is 0 Å². The summed E-state index contributed by atoms with van der Waals surface area (Å²) in [5.41, 5.74) is 3.27. The maximum Gasteiger partial charge on any atom is 0.188 e. The van der Waals surface area contributed by atoms with Crippen molar-refractivity contribution in [2.75, 3.05) is 21.0 Å². The van der Waals surface area contributed by atoms with Gasteiger partial charge in [-0.15, -0.1) is 0 Å². The zero-order valence-corrected chi connectivity index (χ0v) is 13.2. The lowest BCUT2D eigenvalue weighted by Crippen LogP contribution is -2.17. The average molecular weight is 369 g/mol. The summed E-state index contributed by atoms with van der Waals surface area (Å²) in [5.74, 6) is 0.800. The summed E-state index contributed by atoms with van der Waals surface area (Å²) in [6.45, 7) is 4.34. The Hall–Kier alpha value is -1.27. The molecule has 0 fully saturated rings. The van der Waals surface area contributed by atoms with E-state index in [1.807, 2.05) is 31.3 Å². The molecule has 2 rings (SSSR count). The minimum absolute atomic E-state index is 0.264. The highest BCUT2D eigenvalue weighted by atomic mass is 127. The third kappa shape index (κ3) is 3.19. The molecule has 1 aromatic carbocycles. The van der Waals surface area contributed by atoms with E-state index < -0.39 is 0 Å². The van der Waals surface area contributed by atoms with Gasteiger partial charge in [-0.2, -0.15) is 0 Å². The molecule has 0 N–H and O–H groups in total. The molecule has 4 heteroatoms. The topological polar surface area (TPSA) is 21.7 Å². The minimum Gasteiger partial charge on any atom is -0.468 e. The van der Waals surface area contributed by atoms with Crippen LogP contribution < -0.4 is 4.74 Å². The normalized spacial score (nSPS) is 15.1. The Kier molecular flexibility index (Phi) is 4.66. The summed E-state index contributed by atoms with van der Waals surface area (Å²) in [6, 6.07) is 7.95. The molecule has 0 atom stereocenters. The van der Waals surface area contributed by atoms with E-state index in [4.69, 9.17) is 9.47 Å². The van der Waals surface area contributed by atoms with E-state index in [0.717, 1.165) is 26.3 Å². The quantitative estimate of drug-likeness (QED) is 0.596. The van der Waals surface area contributed by atoms with Gasteiger partial charge >= 0.3 is 0 Å². The number of halogens is 1. The van der Waals surface area contributed by atoms with Crippen LogP contribution >= 0.6 is 22.6 Å². The van der Waals surface area contributed by atoms with Gasteiger partial charge in [-0.25, -0.2) is 0 Å². The molecule has 0 spiro atoms. The van der Waals surface area contributed by atoms with E-state index in [0.29, 0.717) is 0 Å². The summed E-state index contributed by atoms with van der Waals surface area (Å²) in [7, 11) is 3.63. The predicted octanol–water partition coefficient (Wildman–Crippen LogP) is 3.79. The van der Waals surface area contributed by atoms with Crippen LogP contribution in [0.4, 0.5) is 0 Å². The number of ether oxygens (including phenoxy) is 2. The second-order valence-electron chi connectivity index (χ2n) is 4.15. The van der Waals surface area contributed by atoms with Gasteiger partial charge in [-0.3, -0.25) is 0 Å². The summed E-state index contributed by atoms with van der Waals surface area (Å²) >= 11 is 2.29. The van der Waals surface area contributed by atoms with Crippen molar-refractivity contribution in [1.29, 1.82) is 0 Å². The molecule has 0 unspecified atom stereocenters. The van der Waals surface area contributed by atoms with Gasteiger partial charge in [0.1, 0.15) is 5.75 Å². The van der Waals surface area contributed by atoms with Gasteiger partial charge in [0.05, 0.1) is 0 Å². The standard InChI is InChI=1S/C15H16INO2/c1-11-14(16)8-9-15(17(11)2)12-4-6-13(7-5-12)19-10-18-3/h4-9H,1,10H2,2-3H3. The van der Waals surface area contributed by atoms with Crippen molar-refractivity contribution in [3.05, 3.63) is 57.8 Å². The molecule has 100 valence electrons. The van der Waals surface area contributed by atoms with Crippen LogP contribution in [-0.2, 0) is 4.74 Å². The zero-order chi connectivity index (χ0) is 13.8. The minimum atomic E-state index is 0.264. The monoisotopic (exact) mass is 369 g/mol. The van der Waals surface area contributed by atoms with Crippen LogP contribution in [0, 0.1) is 0 Å². The summed E-state index contributed by atoms with van der Waals surface area (Å²) < 4.78 is 11.4. The van der Waals surface area contributed by atoms with E-state index in [9.17, 15) is 0 Å². The molecule has 1 aliphatic rings. The molecule has 19 heavy (non-hydrogen) atoms. The molecule has 1 aromatic rings. The molecule has 0 saturated heterocycles. The molecular weight excluding hydrogens is 353 g/mol. The Bertz CT molecular complexity index is 532. The van der Waals surface area contributed by atoms with E-state index in [-0.39, 0.29) is 6.79 Å². The third-order valence-electron chi connectivity index (χ3n) is 2.92. The van der Waals surface area contributed by atoms with Crippen LogP contribution in [-0.4, -0.2) is 25.9 Å².